The Morgan fingerprint density at radius 1 is 1.19 bits per heavy atom. The average Bonchev–Trinajstić information content (AvgIpc) is 3.05. The van der Waals surface area contributed by atoms with Crippen molar-refractivity contribution in [3.8, 4) is 0 Å². The fourth-order valence-electron chi connectivity index (χ4n) is 3.35. The van der Waals surface area contributed by atoms with E-state index in [-0.39, 0.29) is 11.3 Å². The molecule has 0 aromatic rings. The van der Waals surface area contributed by atoms with E-state index in [0.29, 0.717) is 19.0 Å². The number of aliphatic imine (C=N–C) groups is 1. The van der Waals surface area contributed by atoms with Crippen molar-refractivity contribution in [2.45, 2.75) is 34.1 Å². The molecule has 150 valence electrons. The number of morpholine rings is 1. The van der Waals surface area contributed by atoms with Gasteiger partial charge < -0.3 is 20.3 Å². The maximum absolute atomic E-state index is 11.9. The molecule has 2 aliphatic rings. The first-order valence-electron chi connectivity index (χ1n) is 10.0. The van der Waals surface area contributed by atoms with Crippen LogP contribution in [0.4, 0.5) is 0 Å². The van der Waals surface area contributed by atoms with Crippen molar-refractivity contribution < 1.29 is 9.53 Å². The minimum atomic E-state index is -0.351. The predicted molar refractivity (Wildman–Crippen MR) is 105 cm³/mol. The maximum atomic E-state index is 11.9. The molecule has 0 saturated carbocycles. The molecule has 0 aromatic heterocycles. The Hall–Kier alpha value is -1.34. The molecule has 1 amide bonds. The van der Waals surface area contributed by atoms with Gasteiger partial charge in [-0.05, 0) is 19.3 Å². The van der Waals surface area contributed by atoms with Crippen LogP contribution in [0.3, 0.4) is 0 Å². The fourth-order valence-corrected chi connectivity index (χ4v) is 3.35. The van der Waals surface area contributed by atoms with Crippen molar-refractivity contribution in [3.05, 3.63) is 0 Å². The van der Waals surface area contributed by atoms with Crippen LogP contribution in [0.15, 0.2) is 4.99 Å². The molecule has 1 atom stereocenters. The normalized spacial score (nSPS) is 22.5. The number of carbonyl (C=O) groups is 1. The van der Waals surface area contributed by atoms with E-state index in [4.69, 9.17) is 9.73 Å². The quantitative estimate of drug-likeness (QED) is 0.412. The molecule has 26 heavy (non-hydrogen) atoms. The summed E-state index contributed by atoms with van der Waals surface area (Å²) in [5.74, 6) is 1.74. The lowest BCUT2D eigenvalue weighted by molar-refractivity contribution is -0.128. The summed E-state index contributed by atoms with van der Waals surface area (Å²) in [4.78, 5) is 21.5. The lowest BCUT2D eigenvalue weighted by atomic mass is 9.96. The average molecular weight is 368 g/mol. The first-order valence-corrected chi connectivity index (χ1v) is 10.0. The Bertz CT molecular complexity index is 469. The SMILES string of the molecule is CCNC(=NCCNC(=O)C(C)(C)C)N1CCC(CN2CCOCC2)C1. The number of ether oxygens (including phenoxy) is 1. The van der Waals surface area contributed by atoms with Crippen LogP contribution in [0.25, 0.3) is 0 Å². The molecular weight excluding hydrogens is 330 g/mol. The fraction of sp³-hybridized carbons (Fsp3) is 0.895. The van der Waals surface area contributed by atoms with Gasteiger partial charge in [0.2, 0.25) is 5.91 Å². The van der Waals surface area contributed by atoms with Crippen LogP contribution in [-0.2, 0) is 9.53 Å². The second-order valence-electron chi connectivity index (χ2n) is 8.26. The Labute approximate surface area is 158 Å². The van der Waals surface area contributed by atoms with Crippen molar-refractivity contribution >= 4 is 11.9 Å². The number of carbonyl (C=O) groups excluding carboxylic acids is 1. The molecule has 2 saturated heterocycles. The zero-order valence-corrected chi connectivity index (χ0v) is 17.0. The molecule has 2 rings (SSSR count). The van der Waals surface area contributed by atoms with Gasteiger partial charge in [-0.25, -0.2) is 0 Å². The van der Waals surface area contributed by atoms with Crippen LogP contribution >= 0.6 is 0 Å². The molecule has 0 bridgehead atoms. The maximum Gasteiger partial charge on any atom is 0.225 e. The summed E-state index contributed by atoms with van der Waals surface area (Å²) < 4.78 is 5.44. The third-order valence-corrected chi connectivity index (χ3v) is 4.88. The Kier molecular flexibility index (Phi) is 8.15. The van der Waals surface area contributed by atoms with Gasteiger partial charge in [0.15, 0.2) is 5.96 Å². The van der Waals surface area contributed by atoms with Gasteiger partial charge in [0, 0.05) is 51.2 Å². The van der Waals surface area contributed by atoms with E-state index < -0.39 is 0 Å². The smallest absolute Gasteiger partial charge is 0.225 e. The molecule has 0 spiro atoms. The number of guanidine groups is 1. The highest BCUT2D eigenvalue weighted by Gasteiger charge is 2.27. The molecule has 0 radical (unpaired) electrons. The number of nitrogens with one attached hydrogen (secondary N) is 2. The van der Waals surface area contributed by atoms with E-state index >= 15 is 0 Å². The van der Waals surface area contributed by atoms with E-state index in [2.05, 4.69) is 27.4 Å². The standard InChI is InChI=1S/C19H37N5O2/c1-5-20-18(22-8-7-21-17(25)19(2,3)4)24-9-6-16(15-24)14-23-10-12-26-13-11-23/h16H,5-15H2,1-4H3,(H,20,22)(H,21,25). The molecular formula is C19H37N5O2. The molecule has 7 nitrogen and oxygen atoms in total. The van der Waals surface area contributed by atoms with E-state index in [1.807, 2.05) is 20.8 Å². The zero-order chi connectivity index (χ0) is 19.0. The van der Waals surface area contributed by atoms with Crippen LogP contribution in [0.5, 0.6) is 0 Å². The van der Waals surface area contributed by atoms with Crippen molar-refractivity contribution in [2.75, 3.05) is 65.6 Å². The van der Waals surface area contributed by atoms with E-state index in [0.717, 1.165) is 58.4 Å². The predicted octanol–water partition coefficient (Wildman–Crippen LogP) is 0.768. The van der Waals surface area contributed by atoms with E-state index in [1.165, 1.54) is 6.42 Å². The van der Waals surface area contributed by atoms with Crippen LogP contribution in [0.2, 0.25) is 0 Å². The van der Waals surface area contributed by atoms with Gasteiger partial charge >= 0.3 is 0 Å². The Morgan fingerprint density at radius 3 is 2.58 bits per heavy atom. The highest BCUT2D eigenvalue weighted by atomic mass is 16.5. The molecule has 0 aliphatic carbocycles. The summed E-state index contributed by atoms with van der Waals surface area (Å²) in [7, 11) is 0. The Balaban J connectivity index is 1.78. The summed E-state index contributed by atoms with van der Waals surface area (Å²) in [6, 6.07) is 0. The highest BCUT2D eigenvalue weighted by molar-refractivity contribution is 5.81. The molecule has 2 heterocycles. The summed E-state index contributed by atoms with van der Waals surface area (Å²) >= 11 is 0. The van der Waals surface area contributed by atoms with Gasteiger partial charge in [-0.15, -0.1) is 0 Å². The number of hydrogen-bond acceptors (Lipinski definition) is 4. The van der Waals surface area contributed by atoms with E-state index in [1.54, 1.807) is 0 Å². The van der Waals surface area contributed by atoms with Gasteiger partial charge in [-0.2, -0.15) is 0 Å². The number of amides is 1. The van der Waals surface area contributed by atoms with Crippen LogP contribution in [-0.4, -0.2) is 87.2 Å². The van der Waals surface area contributed by atoms with Crippen molar-refractivity contribution in [1.82, 2.24) is 20.4 Å². The number of rotatable bonds is 6. The first-order chi connectivity index (χ1) is 12.4. The van der Waals surface area contributed by atoms with Gasteiger partial charge in [0.25, 0.3) is 0 Å². The zero-order valence-electron chi connectivity index (χ0n) is 17.0. The first kappa shape index (κ1) is 21.0. The summed E-state index contributed by atoms with van der Waals surface area (Å²) in [6.07, 6.45) is 1.21. The molecule has 1 unspecified atom stereocenters. The van der Waals surface area contributed by atoms with E-state index in [9.17, 15) is 4.79 Å². The van der Waals surface area contributed by atoms with Gasteiger partial charge in [0.1, 0.15) is 0 Å². The monoisotopic (exact) mass is 367 g/mol. The van der Waals surface area contributed by atoms with Crippen molar-refractivity contribution in [2.24, 2.45) is 16.3 Å². The number of nitrogens with zero attached hydrogens (tertiary/aromatic N) is 3. The third-order valence-electron chi connectivity index (χ3n) is 4.88. The van der Waals surface area contributed by atoms with Gasteiger partial charge in [-0.3, -0.25) is 14.7 Å². The Morgan fingerprint density at radius 2 is 1.92 bits per heavy atom. The summed E-state index contributed by atoms with van der Waals surface area (Å²) in [6.45, 7) is 17.0. The lowest BCUT2D eigenvalue weighted by Gasteiger charge is -2.29. The minimum absolute atomic E-state index is 0.0736. The minimum Gasteiger partial charge on any atom is -0.379 e. The van der Waals surface area contributed by atoms with Crippen molar-refractivity contribution in [1.29, 1.82) is 0 Å². The van der Waals surface area contributed by atoms with Crippen molar-refractivity contribution in [3.63, 3.8) is 0 Å². The molecule has 7 heteroatoms. The van der Waals surface area contributed by atoms with Gasteiger partial charge in [-0.1, -0.05) is 20.8 Å². The van der Waals surface area contributed by atoms with Crippen LogP contribution < -0.4 is 10.6 Å². The lowest BCUT2D eigenvalue weighted by Crippen LogP contribution is -2.43. The highest BCUT2D eigenvalue weighted by Crippen LogP contribution is 2.18. The topological polar surface area (TPSA) is 69.2 Å². The summed E-state index contributed by atoms with van der Waals surface area (Å²) in [5, 5.41) is 6.36. The van der Waals surface area contributed by atoms with Crippen LogP contribution in [0, 0.1) is 11.3 Å². The third kappa shape index (κ3) is 6.76. The molecule has 0 aromatic carbocycles. The molecule has 2 N–H and O–H groups in total. The largest absolute Gasteiger partial charge is 0.379 e. The summed E-state index contributed by atoms with van der Waals surface area (Å²) in [5.41, 5.74) is -0.351. The number of hydrogen-bond donors (Lipinski definition) is 2. The van der Waals surface area contributed by atoms with Crippen LogP contribution in [0.1, 0.15) is 34.1 Å². The van der Waals surface area contributed by atoms with Gasteiger partial charge in [0.05, 0.1) is 19.8 Å². The second-order valence-corrected chi connectivity index (χ2v) is 8.26. The molecule has 2 fully saturated rings. The second kappa shape index (κ2) is 10.1. The number of likely N-dealkylation sites (tertiary alicyclic amines) is 1. The molecule has 2 aliphatic heterocycles.